The highest BCUT2D eigenvalue weighted by Gasteiger charge is 2.20. The number of aromatic nitrogens is 3. The molecule has 7 heteroatoms. The molecular weight excluding hydrogens is 384 g/mol. The highest BCUT2D eigenvalue weighted by Crippen LogP contribution is 2.33. The minimum absolute atomic E-state index is 0.223. The number of nitrogens with zero attached hydrogens (tertiary/aromatic N) is 2. The number of fused-ring (bicyclic) bond motifs is 1. The van der Waals surface area contributed by atoms with E-state index in [0.29, 0.717) is 22.0 Å². The summed E-state index contributed by atoms with van der Waals surface area (Å²) in [6.07, 6.45) is 6.55. The number of nitrogens with one attached hydrogen (secondary N) is 2. The molecule has 4 aromatic rings. The highest BCUT2D eigenvalue weighted by molar-refractivity contribution is 7.13. The lowest BCUT2D eigenvalue weighted by Crippen LogP contribution is -2.12. The Hall–Kier alpha value is -3.19. The molecule has 0 saturated heterocycles. The molecule has 0 radical (unpaired) electrons. The smallest absolute Gasteiger partial charge is 0.259 e. The second-order valence-corrected chi connectivity index (χ2v) is 7.99. The van der Waals surface area contributed by atoms with E-state index < -0.39 is 0 Å². The summed E-state index contributed by atoms with van der Waals surface area (Å²) in [7, 11) is 0. The Balaban J connectivity index is 1.50. The van der Waals surface area contributed by atoms with Crippen molar-refractivity contribution in [1.29, 1.82) is 0 Å². The van der Waals surface area contributed by atoms with Gasteiger partial charge in [-0.25, -0.2) is 9.97 Å². The molecule has 0 aliphatic heterocycles. The standard InChI is InChI=1S/C22H20N4O2S/c27-21(26-22-23-12-13-29-22)16-9-5-10-17-19(16)25-20(24-17)15-8-3-4-11-18(15)28-14-6-1-2-7-14/h3-5,8-14H,1-2,6-7H2,(H,24,25)(H,23,26,27). The predicted octanol–water partition coefficient (Wildman–Crippen LogP) is 5.26. The van der Waals surface area contributed by atoms with Crippen LogP contribution in [-0.4, -0.2) is 27.0 Å². The molecular formula is C22H20N4O2S. The summed E-state index contributed by atoms with van der Waals surface area (Å²) in [5, 5.41) is 5.22. The Labute approximate surface area is 172 Å². The van der Waals surface area contributed by atoms with Crippen LogP contribution in [0.5, 0.6) is 5.75 Å². The van der Waals surface area contributed by atoms with E-state index in [-0.39, 0.29) is 12.0 Å². The first-order valence-corrected chi connectivity index (χ1v) is 10.6. The predicted molar refractivity (Wildman–Crippen MR) is 114 cm³/mol. The number of rotatable bonds is 5. The Kier molecular flexibility index (Phi) is 4.73. The second-order valence-electron chi connectivity index (χ2n) is 7.10. The van der Waals surface area contributed by atoms with E-state index in [1.165, 1.54) is 24.2 Å². The van der Waals surface area contributed by atoms with Crippen molar-refractivity contribution in [3.05, 3.63) is 59.6 Å². The van der Waals surface area contributed by atoms with Gasteiger partial charge in [-0.15, -0.1) is 11.3 Å². The summed E-state index contributed by atoms with van der Waals surface area (Å²) < 4.78 is 6.26. The van der Waals surface area contributed by atoms with Gasteiger partial charge >= 0.3 is 0 Å². The van der Waals surface area contributed by atoms with Crippen molar-refractivity contribution in [2.45, 2.75) is 31.8 Å². The molecule has 5 rings (SSSR count). The number of carbonyl (C=O) groups is 1. The van der Waals surface area contributed by atoms with Gasteiger partial charge < -0.3 is 9.72 Å². The Morgan fingerprint density at radius 2 is 2.00 bits per heavy atom. The minimum Gasteiger partial charge on any atom is -0.490 e. The Morgan fingerprint density at radius 1 is 1.14 bits per heavy atom. The van der Waals surface area contributed by atoms with E-state index in [2.05, 4.69) is 15.3 Å². The second kappa shape index (κ2) is 7.67. The van der Waals surface area contributed by atoms with E-state index in [1.807, 2.05) is 41.8 Å². The third-order valence-corrected chi connectivity index (χ3v) is 5.84. The van der Waals surface area contributed by atoms with Crippen molar-refractivity contribution in [2.24, 2.45) is 0 Å². The summed E-state index contributed by atoms with van der Waals surface area (Å²) in [6.45, 7) is 0. The maximum atomic E-state index is 12.7. The van der Waals surface area contributed by atoms with Crippen LogP contribution < -0.4 is 10.1 Å². The number of anilines is 1. The molecule has 2 aromatic heterocycles. The van der Waals surface area contributed by atoms with E-state index in [1.54, 1.807) is 12.3 Å². The molecule has 0 unspecified atom stereocenters. The summed E-state index contributed by atoms with van der Waals surface area (Å²) >= 11 is 1.38. The van der Waals surface area contributed by atoms with Crippen LogP contribution >= 0.6 is 11.3 Å². The van der Waals surface area contributed by atoms with Crippen LogP contribution in [0.4, 0.5) is 5.13 Å². The number of benzene rings is 2. The molecule has 2 aromatic carbocycles. The van der Waals surface area contributed by atoms with Crippen molar-refractivity contribution in [1.82, 2.24) is 15.0 Å². The summed E-state index contributed by atoms with van der Waals surface area (Å²) in [6, 6.07) is 13.5. The molecule has 29 heavy (non-hydrogen) atoms. The highest BCUT2D eigenvalue weighted by atomic mass is 32.1. The molecule has 0 atom stereocenters. The first-order valence-electron chi connectivity index (χ1n) is 9.73. The zero-order valence-electron chi connectivity index (χ0n) is 15.7. The monoisotopic (exact) mass is 404 g/mol. The van der Waals surface area contributed by atoms with Crippen molar-refractivity contribution in [2.75, 3.05) is 5.32 Å². The molecule has 2 N–H and O–H groups in total. The van der Waals surface area contributed by atoms with Crippen LogP contribution in [0.3, 0.4) is 0 Å². The summed E-state index contributed by atoms with van der Waals surface area (Å²) in [5.41, 5.74) is 2.85. The minimum atomic E-state index is -0.223. The van der Waals surface area contributed by atoms with Crippen LogP contribution in [0.1, 0.15) is 36.0 Å². The molecule has 1 aliphatic rings. The number of H-pyrrole nitrogens is 1. The molecule has 1 saturated carbocycles. The fourth-order valence-electron chi connectivity index (χ4n) is 3.74. The van der Waals surface area contributed by atoms with Gasteiger partial charge in [-0.1, -0.05) is 18.2 Å². The fraction of sp³-hybridized carbons (Fsp3) is 0.227. The molecule has 0 spiro atoms. The van der Waals surface area contributed by atoms with Gasteiger partial charge in [0.05, 0.1) is 22.7 Å². The normalized spacial score (nSPS) is 14.3. The molecule has 6 nitrogen and oxygen atoms in total. The Morgan fingerprint density at radius 3 is 2.83 bits per heavy atom. The van der Waals surface area contributed by atoms with Crippen LogP contribution in [0.15, 0.2) is 54.0 Å². The number of imidazole rings is 1. The van der Waals surface area contributed by atoms with Gasteiger partial charge in [0.25, 0.3) is 5.91 Å². The van der Waals surface area contributed by atoms with E-state index in [4.69, 9.17) is 9.72 Å². The van der Waals surface area contributed by atoms with Crippen LogP contribution in [0, 0.1) is 0 Å². The van der Waals surface area contributed by atoms with Gasteiger partial charge in [0.1, 0.15) is 17.1 Å². The lowest BCUT2D eigenvalue weighted by Gasteiger charge is -2.15. The third-order valence-electron chi connectivity index (χ3n) is 5.15. The van der Waals surface area contributed by atoms with Crippen molar-refractivity contribution in [3.8, 4) is 17.1 Å². The van der Waals surface area contributed by atoms with Crippen LogP contribution in [-0.2, 0) is 0 Å². The first kappa shape index (κ1) is 17.9. The summed E-state index contributed by atoms with van der Waals surface area (Å²) in [4.78, 5) is 25.0. The summed E-state index contributed by atoms with van der Waals surface area (Å²) in [5.74, 6) is 1.30. The third kappa shape index (κ3) is 3.61. The number of para-hydroxylation sites is 2. The molecule has 2 heterocycles. The number of ether oxygens (including phenoxy) is 1. The number of thiazole rings is 1. The average molecular weight is 404 g/mol. The van der Waals surface area contributed by atoms with Crippen LogP contribution in [0.2, 0.25) is 0 Å². The fourth-order valence-corrected chi connectivity index (χ4v) is 4.27. The number of amides is 1. The first-order chi connectivity index (χ1) is 14.3. The largest absolute Gasteiger partial charge is 0.490 e. The van der Waals surface area contributed by atoms with Gasteiger partial charge in [-0.3, -0.25) is 10.1 Å². The molecule has 1 aliphatic carbocycles. The van der Waals surface area contributed by atoms with Crippen molar-refractivity contribution in [3.63, 3.8) is 0 Å². The zero-order chi connectivity index (χ0) is 19.6. The Bertz CT molecular complexity index is 1150. The van der Waals surface area contributed by atoms with Crippen molar-refractivity contribution >= 4 is 33.4 Å². The van der Waals surface area contributed by atoms with Crippen LogP contribution in [0.25, 0.3) is 22.4 Å². The van der Waals surface area contributed by atoms with Gasteiger partial charge in [-0.2, -0.15) is 0 Å². The van der Waals surface area contributed by atoms with E-state index >= 15 is 0 Å². The lowest BCUT2D eigenvalue weighted by atomic mass is 10.1. The van der Waals surface area contributed by atoms with Crippen molar-refractivity contribution < 1.29 is 9.53 Å². The lowest BCUT2D eigenvalue weighted by molar-refractivity contribution is 0.102. The SMILES string of the molecule is O=C(Nc1nccs1)c1cccc2[nH]c(-c3ccccc3OC3CCCC3)nc12. The van der Waals surface area contributed by atoms with E-state index in [0.717, 1.165) is 29.7 Å². The quantitative estimate of drug-likeness (QED) is 0.475. The van der Waals surface area contributed by atoms with Gasteiger partial charge in [0, 0.05) is 11.6 Å². The maximum Gasteiger partial charge on any atom is 0.259 e. The molecule has 1 amide bonds. The molecule has 146 valence electrons. The maximum absolute atomic E-state index is 12.7. The number of carbonyl (C=O) groups excluding carboxylic acids is 1. The number of aromatic amines is 1. The number of hydrogen-bond acceptors (Lipinski definition) is 5. The van der Waals surface area contributed by atoms with Gasteiger partial charge in [0.2, 0.25) is 0 Å². The number of hydrogen-bond donors (Lipinski definition) is 2. The molecule has 0 bridgehead atoms. The van der Waals surface area contributed by atoms with Gasteiger partial charge in [-0.05, 0) is 49.9 Å². The van der Waals surface area contributed by atoms with E-state index in [9.17, 15) is 4.79 Å². The topological polar surface area (TPSA) is 79.9 Å². The zero-order valence-corrected chi connectivity index (χ0v) is 16.5. The average Bonchev–Trinajstić information content (AvgIpc) is 3.49. The van der Waals surface area contributed by atoms with Gasteiger partial charge in [0.15, 0.2) is 5.13 Å². The molecule has 1 fully saturated rings.